The van der Waals surface area contributed by atoms with Gasteiger partial charge < -0.3 is 32.8 Å². The number of rotatable bonds is 13. The number of aromatic hydroxyl groups is 1. The number of methoxy groups -OCH3 is 1. The lowest BCUT2D eigenvalue weighted by Gasteiger charge is -2.22. The molecule has 0 heterocycles. The minimum atomic E-state index is 0.323. The fourth-order valence-electron chi connectivity index (χ4n) is 5.37. The lowest BCUT2D eigenvalue weighted by Crippen LogP contribution is -2.10. The van der Waals surface area contributed by atoms with Crippen molar-refractivity contribution in [1.29, 1.82) is 0 Å². The standard InChI is InChI=1S/C31H44N4O2/c1-4-20-14-26(30-22(6-10-32)18-28(37-3)19-23(30)7-11-33)15-21(5-2)29(20)27-16-24(8-12-34)31(36)25(17-27)9-13-35/h14-19,36H,4-13,32-35H2,1-3H3. The summed E-state index contributed by atoms with van der Waals surface area (Å²) in [5.41, 5.74) is 35.2. The zero-order valence-corrected chi connectivity index (χ0v) is 22.7. The van der Waals surface area contributed by atoms with Crippen LogP contribution in [0.3, 0.4) is 0 Å². The van der Waals surface area contributed by atoms with E-state index >= 15 is 0 Å². The molecule has 9 N–H and O–H groups in total. The fraction of sp³-hybridized carbons (Fsp3) is 0.419. The summed E-state index contributed by atoms with van der Waals surface area (Å²) in [6.07, 6.45) is 4.52. The second-order valence-corrected chi connectivity index (χ2v) is 9.50. The van der Waals surface area contributed by atoms with E-state index in [0.29, 0.717) is 44.8 Å². The maximum atomic E-state index is 10.8. The van der Waals surface area contributed by atoms with Crippen LogP contribution in [-0.2, 0) is 38.5 Å². The Kier molecular flexibility index (Phi) is 10.5. The lowest BCUT2D eigenvalue weighted by molar-refractivity contribution is 0.414. The Labute approximate surface area is 222 Å². The monoisotopic (exact) mass is 504 g/mol. The summed E-state index contributed by atoms with van der Waals surface area (Å²) in [5, 5.41) is 10.8. The summed E-state index contributed by atoms with van der Waals surface area (Å²) in [6, 6.07) is 13.0. The molecule has 3 aromatic carbocycles. The first-order valence-corrected chi connectivity index (χ1v) is 13.5. The molecule has 0 aliphatic carbocycles. The lowest BCUT2D eigenvalue weighted by atomic mass is 9.83. The maximum absolute atomic E-state index is 10.8. The van der Waals surface area contributed by atoms with Crippen molar-refractivity contribution in [2.24, 2.45) is 22.9 Å². The van der Waals surface area contributed by atoms with E-state index in [1.807, 2.05) is 0 Å². The zero-order chi connectivity index (χ0) is 26.9. The van der Waals surface area contributed by atoms with Crippen molar-refractivity contribution in [3.63, 3.8) is 0 Å². The van der Waals surface area contributed by atoms with E-state index < -0.39 is 0 Å². The van der Waals surface area contributed by atoms with Crippen LogP contribution in [0.2, 0.25) is 0 Å². The van der Waals surface area contributed by atoms with Gasteiger partial charge in [-0.1, -0.05) is 26.0 Å². The Morgan fingerprint density at radius 3 is 1.27 bits per heavy atom. The van der Waals surface area contributed by atoms with Crippen molar-refractivity contribution < 1.29 is 9.84 Å². The highest BCUT2D eigenvalue weighted by molar-refractivity contribution is 5.81. The highest BCUT2D eigenvalue weighted by Crippen LogP contribution is 2.40. The molecular formula is C31H44N4O2. The van der Waals surface area contributed by atoms with Gasteiger partial charge in [0.2, 0.25) is 0 Å². The first-order valence-electron chi connectivity index (χ1n) is 13.5. The molecule has 0 saturated heterocycles. The predicted molar refractivity (Wildman–Crippen MR) is 155 cm³/mol. The van der Waals surface area contributed by atoms with Crippen LogP contribution in [0.1, 0.15) is 47.2 Å². The number of aryl methyl sites for hydroxylation is 2. The van der Waals surface area contributed by atoms with Gasteiger partial charge in [-0.2, -0.15) is 0 Å². The Hall–Kier alpha value is -2.90. The van der Waals surface area contributed by atoms with Crippen molar-refractivity contribution in [3.8, 4) is 33.8 Å². The molecule has 0 saturated carbocycles. The van der Waals surface area contributed by atoms with Gasteiger partial charge in [-0.3, -0.25) is 0 Å². The van der Waals surface area contributed by atoms with Gasteiger partial charge in [-0.05, 0) is 145 Å². The normalized spacial score (nSPS) is 11.2. The van der Waals surface area contributed by atoms with Gasteiger partial charge in [-0.15, -0.1) is 0 Å². The highest BCUT2D eigenvalue weighted by atomic mass is 16.5. The maximum Gasteiger partial charge on any atom is 0.122 e. The van der Waals surface area contributed by atoms with Crippen LogP contribution in [0.15, 0.2) is 36.4 Å². The number of ether oxygens (including phenoxy) is 1. The number of benzene rings is 3. The molecule has 0 unspecified atom stereocenters. The topological polar surface area (TPSA) is 134 Å². The van der Waals surface area contributed by atoms with Gasteiger partial charge in [-0.25, -0.2) is 0 Å². The third-order valence-electron chi connectivity index (χ3n) is 7.07. The van der Waals surface area contributed by atoms with Gasteiger partial charge in [0, 0.05) is 0 Å². The Bertz CT molecular complexity index is 1130. The molecule has 0 aliphatic rings. The third-order valence-corrected chi connectivity index (χ3v) is 7.07. The summed E-state index contributed by atoms with van der Waals surface area (Å²) in [4.78, 5) is 0. The number of hydrogen-bond donors (Lipinski definition) is 5. The smallest absolute Gasteiger partial charge is 0.122 e. The number of hydrogen-bond acceptors (Lipinski definition) is 6. The highest BCUT2D eigenvalue weighted by Gasteiger charge is 2.19. The number of phenols is 1. The first kappa shape index (κ1) is 28.7. The van der Waals surface area contributed by atoms with Crippen LogP contribution in [0.5, 0.6) is 11.5 Å². The second kappa shape index (κ2) is 13.6. The molecule has 0 bridgehead atoms. The van der Waals surface area contributed by atoms with E-state index in [0.717, 1.165) is 48.1 Å². The van der Waals surface area contributed by atoms with Crippen molar-refractivity contribution in [2.45, 2.75) is 52.4 Å². The Morgan fingerprint density at radius 1 is 0.568 bits per heavy atom. The molecule has 3 aromatic rings. The quantitative estimate of drug-likeness (QED) is 0.240. The molecule has 0 radical (unpaired) electrons. The Morgan fingerprint density at radius 2 is 0.919 bits per heavy atom. The summed E-state index contributed by atoms with van der Waals surface area (Å²) in [6.45, 7) is 6.46. The fourth-order valence-corrected chi connectivity index (χ4v) is 5.37. The summed E-state index contributed by atoms with van der Waals surface area (Å²) in [5.74, 6) is 1.16. The van der Waals surface area contributed by atoms with Crippen LogP contribution in [-0.4, -0.2) is 38.4 Å². The van der Waals surface area contributed by atoms with Crippen LogP contribution < -0.4 is 27.7 Å². The molecule has 3 rings (SSSR count). The summed E-state index contributed by atoms with van der Waals surface area (Å²) >= 11 is 0. The molecule has 0 fully saturated rings. The van der Waals surface area contributed by atoms with Crippen LogP contribution >= 0.6 is 0 Å². The van der Waals surface area contributed by atoms with Crippen LogP contribution in [0, 0.1) is 0 Å². The second-order valence-electron chi connectivity index (χ2n) is 9.50. The van der Waals surface area contributed by atoms with Gasteiger partial charge >= 0.3 is 0 Å². The third kappa shape index (κ3) is 6.33. The van der Waals surface area contributed by atoms with Gasteiger partial charge in [0.1, 0.15) is 11.5 Å². The Balaban J connectivity index is 2.31. The van der Waals surface area contributed by atoms with E-state index in [9.17, 15) is 5.11 Å². The average Bonchev–Trinajstić information content (AvgIpc) is 2.90. The van der Waals surface area contributed by atoms with E-state index in [1.165, 1.54) is 38.9 Å². The number of nitrogens with two attached hydrogens (primary N) is 4. The van der Waals surface area contributed by atoms with Crippen LogP contribution in [0.25, 0.3) is 22.3 Å². The molecule has 6 nitrogen and oxygen atoms in total. The van der Waals surface area contributed by atoms with Gasteiger partial charge in [0.05, 0.1) is 7.11 Å². The summed E-state index contributed by atoms with van der Waals surface area (Å²) in [7, 11) is 1.70. The van der Waals surface area contributed by atoms with Gasteiger partial charge in [0.15, 0.2) is 0 Å². The molecule has 200 valence electrons. The van der Waals surface area contributed by atoms with Gasteiger partial charge in [0.25, 0.3) is 0 Å². The van der Waals surface area contributed by atoms with E-state index in [-0.39, 0.29) is 0 Å². The van der Waals surface area contributed by atoms with Crippen molar-refractivity contribution in [1.82, 2.24) is 0 Å². The molecule has 0 aliphatic heterocycles. The zero-order valence-electron chi connectivity index (χ0n) is 22.7. The van der Waals surface area contributed by atoms with E-state index in [1.54, 1.807) is 7.11 Å². The molecule has 0 aromatic heterocycles. The predicted octanol–water partition coefficient (Wildman–Crippen LogP) is 3.86. The molecule has 6 heteroatoms. The largest absolute Gasteiger partial charge is 0.507 e. The molecule has 0 atom stereocenters. The minimum absolute atomic E-state index is 0.323. The van der Waals surface area contributed by atoms with Crippen molar-refractivity contribution >= 4 is 0 Å². The molecule has 37 heavy (non-hydrogen) atoms. The minimum Gasteiger partial charge on any atom is -0.507 e. The van der Waals surface area contributed by atoms with Crippen molar-refractivity contribution in [3.05, 3.63) is 69.8 Å². The molecule has 0 amide bonds. The SMILES string of the molecule is CCc1cc(-c2c(CCN)cc(OC)cc2CCN)cc(CC)c1-c1cc(CCN)c(O)c(CCN)c1. The average molecular weight is 505 g/mol. The van der Waals surface area contributed by atoms with E-state index in [2.05, 4.69) is 50.2 Å². The molecular weight excluding hydrogens is 460 g/mol. The van der Waals surface area contributed by atoms with Crippen LogP contribution in [0.4, 0.5) is 0 Å². The number of phenolic OH excluding ortho intramolecular Hbond substituents is 1. The summed E-state index contributed by atoms with van der Waals surface area (Å²) < 4.78 is 5.60. The van der Waals surface area contributed by atoms with E-state index in [4.69, 9.17) is 27.7 Å². The molecule has 0 spiro atoms. The van der Waals surface area contributed by atoms with Crippen molar-refractivity contribution in [2.75, 3.05) is 33.3 Å². The first-order chi connectivity index (χ1) is 18.0.